The van der Waals surface area contributed by atoms with Crippen LogP contribution < -0.4 is 4.74 Å². The van der Waals surface area contributed by atoms with E-state index in [-0.39, 0.29) is 29.7 Å². The summed E-state index contributed by atoms with van der Waals surface area (Å²) >= 11 is 0. The molecular weight excluding hydrogens is 410 g/mol. The number of carbonyl (C=O) groups excluding carboxylic acids is 2. The van der Waals surface area contributed by atoms with E-state index in [4.69, 9.17) is 9.47 Å². The van der Waals surface area contributed by atoms with Crippen LogP contribution in [-0.4, -0.2) is 52.7 Å². The average molecular weight is 440 g/mol. The quantitative estimate of drug-likeness (QED) is 0.265. The van der Waals surface area contributed by atoms with Crippen LogP contribution in [0.4, 0.5) is 0 Å². The molecule has 2 aromatic rings. The monoisotopic (exact) mass is 439 g/mol. The number of likely N-dealkylation sites (tertiary alicyclic amines) is 1. The van der Waals surface area contributed by atoms with E-state index in [9.17, 15) is 19.8 Å². The maximum absolute atomic E-state index is 13.0. The molecule has 170 valence electrons. The number of rotatable bonds is 9. The minimum Gasteiger partial charge on any atom is -0.508 e. The topological polar surface area (TPSA) is 96.3 Å². The van der Waals surface area contributed by atoms with Crippen molar-refractivity contribution in [2.75, 3.05) is 19.8 Å². The Balaban J connectivity index is 2.04. The molecule has 1 unspecified atom stereocenters. The van der Waals surface area contributed by atoms with Crippen molar-refractivity contribution in [3.8, 4) is 11.5 Å². The normalized spacial score (nSPS) is 17.9. The molecule has 0 aromatic heterocycles. The number of carbonyl (C=O) groups is 2. The predicted molar refractivity (Wildman–Crippen MR) is 120 cm³/mol. The number of amides is 1. The molecule has 1 saturated heterocycles. The number of aliphatic hydroxyl groups is 1. The smallest absolute Gasteiger partial charge is 0.295 e. The van der Waals surface area contributed by atoms with Gasteiger partial charge in [0.15, 0.2) is 0 Å². The van der Waals surface area contributed by atoms with Crippen molar-refractivity contribution in [3.63, 3.8) is 0 Å². The van der Waals surface area contributed by atoms with E-state index in [1.54, 1.807) is 36.4 Å². The highest BCUT2D eigenvalue weighted by molar-refractivity contribution is 6.46. The van der Waals surface area contributed by atoms with Gasteiger partial charge >= 0.3 is 0 Å². The molecule has 7 heteroatoms. The Labute approximate surface area is 187 Å². The molecule has 1 fully saturated rings. The van der Waals surface area contributed by atoms with Crippen LogP contribution in [-0.2, 0) is 14.3 Å². The molecule has 3 rings (SSSR count). The maximum Gasteiger partial charge on any atom is 0.295 e. The molecule has 2 N–H and O–H groups in total. The van der Waals surface area contributed by atoms with Crippen molar-refractivity contribution >= 4 is 17.4 Å². The van der Waals surface area contributed by atoms with E-state index in [1.165, 1.54) is 17.0 Å². The lowest BCUT2D eigenvalue weighted by Gasteiger charge is -2.25. The first-order chi connectivity index (χ1) is 15.3. The van der Waals surface area contributed by atoms with Gasteiger partial charge in [-0.1, -0.05) is 24.3 Å². The molecule has 2 aromatic carbocycles. The van der Waals surface area contributed by atoms with Crippen LogP contribution in [0.5, 0.6) is 11.5 Å². The standard InChI is InChI=1S/C25H29NO6/c1-4-31-20-11-6-9-18(15-20)23(28)21-22(17-8-5-10-19(27)14-17)26(25(30)24(21)29)12-7-13-32-16(2)3/h5-6,8-11,14-16,22,27-28H,4,7,12-13H2,1-3H3/b23-21-. The fraction of sp³-hybridized carbons (Fsp3) is 0.360. The van der Waals surface area contributed by atoms with Crippen molar-refractivity contribution in [1.82, 2.24) is 4.90 Å². The van der Waals surface area contributed by atoms with E-state index in [2.05, 4.69) is 0 Å². The van der Waals surface area contributed by atoms with Gasteiger partial charge in [-0.2, -0.15) is 0 Å². The SMILES string of the molecule is CCOc1cccc(/C(O)=C2/C(=O)C(=O)N(CCCOC(C)C)C2c2cccc(O)c2)c1. The number of phenolic OH excluding ortho intramolecular Hbond substituents is 1. The van der Waals surface area contributed by atoms with Crippen LogP contribution in [0.3, 0.4) is 0 Å². The van der Waals surface area contributed by atoms with Crippen molar-refractivity contribution in [3.05, 3.63) is 65.2 Å². The molecule has 1 aliphatic heterocycles. The Morgan fingerprint density at radius 1 is 1.12 bits per heavy atom. The van der Waals surface area contributed by atoms with E-state index in [0.29, 0.717) is 36.5 Å². The van der Waals surface area contributed by atoms with Crippen molar-refractivity contribution in [1.29, 1.82) is 0 Å². The zero-order valence-electron chi connectivity index (χ0n) is 18.6. The molecule has 0 radical (unpaired) electrons. The molecule has 7 nitrogen and oxygen atoms in total. The number of nitrogens with zero attached hydrogens (tertiary/aromatic N) is 1. The summed E-state index contributed by atoms with van der Waals surface area (Å²) in [6, 6.07) is 12.3. The van der Waals surface area contributed by atoms with Gasteiger partial charge in [0.1, 0.15) is 17.3 Å². The molecule has 0 aliphatic carbocycles. The van der Waals surface area contributed by atoms with Gasteiger partial charge in [0.25, 0.3) is 11.7 Å². The number of benzene rings is 2. The van der Waals surface area contributed by atoms with E-state index >= 15 is 0 Å². The summed E-state index contributed by atoms with van der Waals surface area (Å²) in [5, 5.41) is 21.1. The van der Waals surface area contributed by atoms with Gasteiger partial charge in [-0.3, -0.25) is 9.59 Å². The molecule has 0 spiro atoms. The number of ether oxygens (including phenoxy) is 2. The Bertz CT molecular complexity index is 1010. The van der Waals surface area contributed by atoms with Crippen LogP contribution in [0, 0.1) is 0 Å². The summed E-state index contributed by atoms with van der Waals surface area (Å²) in [7, 11) is 0. The van der Waals surface area contributed by atoms with Gasteiger partial charge in [-0.15, -0.1) is 0 Å². The molecule has 1 heterocycles. The Hall–Kier alpha value is -3.32. The summed E-state index contributed by atoms with van der Waals surface area (Å²) in [5.74, 6) is -1.17. The van der Waals surface area contributed by atoms with Crippen LogP contribution in [0.1, 0.15) is 44.4 Å². The molecule has 1 amide bonds. The molecule has 32 heavy (non-hydrogen) atoms. The molecule has 0 saturated carbocycles. The lowest BCUT2D eigenvalue weighted by Crippen LogP contribution is -2.31. The van der Waals surface area contributed by atoms with Crippen molar-refractivity contribution in [2.45, 2.75) is 39.3 Å². The van der Waals surface area contributed by atoms with Crippen LogP contribution in [0.2, 0.25) is 0 Å². The van der Waals surface area contributed by atoms with Crippen LogP contribution in [0.25, 0.3) is 5.76 Å². The first-order valence-corrected chi connectivity index (χ1v) is 10.8. The summed E-state index contributed by atoms with van der Waals surface area (Å²) in [4.78, 5) is 27.4. The van der Waals surface area contributed by atoms with Crippen molar-refractivity contribution < 1.29 is 29.3 Å². The third-order valence-corrected chi connectivity index (χ3v) is 5.14. The summed E-state index contributed by atoms with van der Waals surface area (Å²) in [5.41, 5.74) is 0.901. The third-order valence-electron chi connectivity index (χ3n) is 5.14. The summed E-state index contributed by atoms with van der Waals surface area (Å²) in [6.07, 6.45) is 0.588. The Morgan fingerprint density at radius 2 is 1.88 bits per heavy atom. The fourth-order valence-corrected chi connectivity index (χ4v) is 3.76. The minimum atomic E-state index is -0.822. The zero-order chi connectivity index (χ0) is 23.3. The van der Waals surface area contributed by atoms with E-state index < -0.39 is 17.7 Å². The lowest BCUT2D eigenvalue weighted by molar-refractivity contribution is -0.140. The van der Waals surface area contributed by atoms with Gasteiger partial charge in [0, 0.05) is 18.7 Å². The first-order valence-electron chi connectivity index (χ1n) is 10.8. The highest BCUT2D eigenvalue weighted by atomic mass is 16.5. The van der Waals surface area contributed by atoms with E-state index in [0.717, 1.165) is 0 Å². The first kappa shape index (κ1) is 23.3. The second-order valence-electron chi connectivity index (χ2n) is 7.82. The van der Waals surface area contributed by atoms with Crippen LogP contribution >= 0.6 is 0 Å². The number of Topliss-reactive ketones (excluding diaryl/α,β-unsaturated/α-hetero) is 1. The maximum atomic E-state index is 13.0. The molecule has 1 aliphatic rings. The second kappa shape index (κ2) is 10.3. The van der Waals surface area contributed by atoms with Crippen molar-refractivity contribution in [2.24, 2.45) is 0 Å². The van der Waals surface area contributed by atoms with Gasteiger partial charge in [-0.05, 0) is 57.0 Å². The number of hydrogen-bond acceptors (Lipinski definition) is 6. The highest BCUT2D eigenvalue weighted by Gasteiger charge is 2.45. The zero-order valence-corrected chi connectivity index (χ0v) is 18.6. The fourth-order valence-electron chi connectivity index (χ4n) is 3.76. The molecular formula is C25H29NO6. The molecule has 0 bridgehead atoms. The number of aromatic hydroxyl groups is 1. The highest BCUT2D eigenvalue weighted by Crippen LogP contribution is 2.40. The summed E-state index contributed by atoms with van der Waals surface area (Å²) in [6.45, 7) is 6.86. The van der Waals surface area contributed by atoms with Gasteiger partial charge in [0.05, 0.1) is 24.3 Å². The Morgan fingerprint density at radius 3 is 2.56 bits per heavy atom. The third kappa shape index (κ3) is 5.11. The number of aliphatic hydroxyl groups excluding tert-OH is 1. The Kier molecular flexibility index (Phi) is 7.53. The second-order valence-corrected chi connectivity index (χ2v) is 7.82. The van der Waals surface area contributed by atoms with Gasteiger partial charge in [-0.25, -0.2) is 0 Å². The predicted octanol–water partition coefficient (Wildman–Crippen LogP) is 4.03. The van der Waals surface area contributed by atoms with Gasteiger partial charge < -0.3 is 24.6 Å². The number of phenols is 1. The lowest BCUT2D eigenvalue weighted by atomic mass is 9.95. The van der Waals surface area contributed by atoms with E-state index in [1.807, 2.05) is 20.8 Å². The van der Waals surface area contributed by atoms with Crippen LogP contribution in [0.15, 0.2) is 54.1 Å². The number of ketones is 1. The minimum absolute atomic E-state index is 0.00886. The average Bonchev–Trinajstić information content (AvgIpc) is 3.01. The molecule has 1 atom stereocenters. The number of hydrogen-bond donors (Lipinski definition) is 2. The summed E-state index contributed by atoms with van der Waals surface area (Å²) < 4.78 is 11.1. The van der Waals surface area contributed by atoms with Gasteiger partial charge in [0.2, 0.25) is 0 Å². The largest absolute Gasteiger partial charge is 0.508 e.